The number of para-hydroxylation sites is 3. The number of fused-ring (bicyclic) bond motifs is 1. The second-order valence-electron chi connectivity index (χ2n) is 8.85. The highest BCUT2D eigenvalue weighted by Gasteiger charge is 2.14. The molecular formula is C27H30N2O2. The molecule has 0 saturated carbocycles. The van der Waals surface area contributed by atoms with Gasteiger partial charge in [-0.2, -0.15) is 0 Å². The van der Waals surface area contributed by atoms with Gasteiger partial charge in [-0.05, 0) is 53.8 Å². The van der Waals surface area contributed by atoms with E-state index >= 15 is 0 Å². The number of hydrogen-bond acceptors (Lipinski definition) is 3. The molecule has 0 saturated heterocycles. The van der Waals surface area contributed by atoms with Crippen LogP contribution in [-0.2, 0) is 18.6 Å². The summed E-state index contributed by atoms with van der Waals surface area (Å²) in [5.74, 6) is 2.67. The number of nitrogens with zero attached hydrogens (tertiary/aromatic N) is 2. The fourth-order valence-corrected chi connectivity index (χ4v) is 3.65. The summed E-state index contributed by atoms with van der Waals surface area (Å²) in [4.78, 5) is 4.80. The van der Waals surface area contributed by atoms with Crippen molar-refractivity contribution in [3.63, 3.8) is 0 Å². The summed E-state index contributed by atoms with van der Waals surface area (Å²) in [5, 5.41) is 0. The van der Waals surface area contributed by atoms with Gasteiger partial charge in [-0.1, -0.05) is 63.2 Å². The minimum absolute atomic E-state index is 0.139. The smallest absolute Gasteiger partial charge is 0.148 e. The Labute approximate surface area is 184 Å². The molecule has 4 nitrogen and oxygen atoms in total. The Hall–Kier alpha value is -3.27. The molecule has 4 aromatic rings. The summed E-state index contributed by atoms with van der Waals surface area (Å²) >= 11 is 0. The molecule has 0 atom stereocenters. The van der Waals surface area contributed by atoms with Gasteiger partial charge < -0.3 is 14.0 Å². The van der Waals surface area contributed by atoms with Crippen molar-refractivity contribution in [3.05, 3.63) is 89.7 Å². The fraction of sp³-hybridized carbons (Fsp3) is 0.296. The maximum absolute atomic E-state index is 6.08. The topological polar surface area (TPSA) is 36.3 Å². The van der Waals surface area contributed by atoms with E-state index in [-0.39, 0.29) is 5.41 Å². The average Bonchev–Trinajstić information content (AvgIpc) is 3.10. The first-order chi connectivity index (χ1) is 14.9. The van der Waals surface area contributed by atoms with Crippen LogP contribution in [0, 0.1) is 6.92 Å². The minimum atomic E-state index is 0.139. The molecule has 0 amide bonds. The predicted molar refractivity (Wildman–Crippen MR) is 126 cm³/mol. The Balaban J connectivity index is 1.47. The van der Waals surface area contributed by atoms with Crippen molar-refractivity contribution < 1.29 is 9.47 Å². The van der Waals surface area contributed by atoms with Gasteiger partial charge in [0.05, 0.1) is 17.6 Å². The molecular weight excluding hydrogens is 384 g/mol. The maximum atomic E-state index is 6.08. The first-order valence-electron chi connectivity index (χ1n) is 10.8. The Morgan fingerprint density at radius 3 is 2.29 bits per heavy atom. The Morgan fingerprint density at radius 1 is 0.839 bits per heavy atom. The Kier molecular flexibility index (Phi) is 5.99. The summed E-state index contributed by atoms with van der Waals surface area (Å²) in [6.07, 6.45) is 0. The Morgan fingerprint density at radius 2 is 1.55 bits per heavy atom. The van der Waals surface area contributed by atoms with Crippen molar-refractivity contribution in [2.45, 2.75) is 46.3 Å². The lowest BCUT2D eigenvalue weighted by atomic mass is 9.87. The standard InChI is InChI=1S/C27H30N2O2/c1-20-9-5-8-12-25(20)31-19-26-28-23-10-6-7-11-24(23)29(26)17-18-30-22-15-13-21(14-16-22)27(2,3)4/h5-16H,17-19H2,1-4H3. The number of imidazole rings is 1. The number of ether oxygens (including phenoxy) is 2. The highest BCUT2D eigenvalue weighted by molar-refractivity contribution is 5.75. The van der Waals surface area contributed by atoms with E-state index in [0.717, 1.165) is 33.9 Å². The molecule has 0 spiro atoms. The zero-order chi connectivity index (χ0) is 21.8. The summed E-state index contributed by atoms with van der Waals surface area (Å²) < 4.78 is 14.3. The van der Waals surface area contributed by atoms with E-state index in [9.17, 15) is 0 Å². The van der Waals surface area contributed by atoms with Gasteiger partial charge in [-0.3, -0.25) is 0 Å². The van der Waals surface area contributed by atoms with E-state index in [1.54, 1.807) is 0 Å². The molecule has 0 aliphatic rings. The van der Waals surface area contributed by atoms with Gasteiger partial charge in [0.2, 0.25) is 0 Å². The molecule has 0 aliphatic heterocycles. The van der Waals surface area contributed by atoms with Crippen molar-refractivity contribution in [1.82, 2.24) is 9.55 Å². The van der Waals surface area contributed by atoms with E-state index in [4.69, 9.17) is 14.5 Å². The van der Waals surface area contributed by atoms with Crippen molar-refractivity contribution in [2.24, 2.45) is 0 Å². The zero-order valence-electron chi connectivity index (χ0n) is 18.8. The van der Waals surface area contributed by atoms with Crippen LogP contribution in [0.15, 0.2) is 72.8 Å². The van der Waals surface area contributed by atoms with Crippen molar-refractivity contribution in [1.29, 1.82) is 0 Å². The first kappa shape index (κ1) is 21.0. The van der Waals surface area contributed by atoms with E-state index < -0.39 is 0 Å². The molecule has 0 aliphatic carbocycles. The third-order valence-electron chi connectivity index (χ3n) is 5.49. The molecule has 0 bridgehead atoms. The number of benzene rings is 3. The zero-order valence-corrected chi connectivity index (χ0v) is 18.8. The quantitative estimate of drug-likeness (QED) is 0.356. The van der Waals surface area contributed by atoms with Gasteiger partial charge in [0.15, 0.2) is 0 Å². The SMILES string of the molecule is Cc1ccccc1OCc1nc2ccccc2n1CCOc1ccc(C(C)(C)C)cc1. The molecule has 0 unspecified atom stereocenters. The van der Waals surface area contributed by atoms with Crippen LogP contribution in [0.3, 0.4) is 0 Å². The normalized spacial score (nSPS) is 11.6. The van der Waals surface area contributed by atoms with Crippen molar-refractivity contribution in [2.75, 3.05) is 6.61 Å². The van der Waals surface area contributed by atoms with Gasteiger partial charge in [-0.25, -0.2) is 4.98 Å². The van der Waals surface area contributed by atoms with E-state index in [0.29, 0.717) is 19.8 Å². The summed E-state index contributed by atoms with van der Waals surface area (Å²) in [6.45, 7) is 10.4. The van der Waals surface area contributed by atoms with Crippen molar-refractivity contribution >= 4 is 11.0 Å². The van der Waals surface area contributed by atoms with Crippen LogP contribution in [0.5, 0.6) is 11.5 Å². The number of aromatic nitrogens is 2. The summed E-state index contributed by atoms with van der Waals surface area (Å²) in [6, 6.07) is 24.6. The molecule has 3 aromatic carbocycles. The van der Waals surface area contributed by atoms with Gasteiger partial charge in [0, 0.05) is 0 Å². The van der Waals surface area contributed by atoms with Crippen molar-refractivity contribution in [3.8, 4) is 11.5 Å². The van der Waals surface area contributed by atoms with Crippen LogP contribution in [0.4, 0.5) is 0 Å². The summed E-state index contributed by atoms with van der Waals surface area (Å²) in [5.41, 5.74) is 4.63. The van der Waals surface area contributed by atoms with Gasteiger partial charge in [0.1, 0.15) is 30.5 Å². The molecule has 0 radical (unpaired) electrons. The van der Waals surface area contributed by atoms with Crippen LogP contribution in [-0.4, -0.2) is 16.2 Å². The molecule has 4 heteroatoms. The van der Waals surface area contributed by atoms with Crippen LogP contribution in [0.25, 0.3) is 11.0 Å². The molecule has 31 heavy (non-hydrogen) atoms. The second kappa shape index (κ2) is 8.84. The highest BCUT2D eigenvalue weighted by Crippen LogP contribution is 2.25. The van der Waals surface area contributed by atoms with Crippen LogP contribution in [0.1, 0.15) is 37.7 Å². The predicted octanol–water partition coefficient (Wildman–Crippen LogP) is 6.30. The first-order valence-corrected chi connectivity index (χ1v) is 10.8. The Bertz CT molecular complexity index is 1150. The lowest BCUT2D eigenvalue weighted by Gasteiger charge is -2.19. The van der Waals surface area contributed by atoms with Gasteiger partial charge in [0.25, 0.3) is 0 Å². The molecule has 160 valence electrons. The monoisotopic (exact) mass is 414 g/mol. The van der Waals surface area contributed by atoms with E-state index in [1.165, 1.54) is 5.56 Å². The fourth-order valence-electron chi connectivity index (χ4n) is 3.65. The van der Waals surface area contributed by atoms with E-state index in [2.05, 4.69) is 68.7 Å². The summed E-state index contributed by atoms with van der Waals surface area (Å²) in [7, 11) is 0. The molecule has 0 N–H and O–H groups in total. The van der Waals surface area contributed by atoms with E-state index in [1.807, 2.05) is 36.4 Å². The minimum Gasteiger partial charge on any atom is -0.492 e. The van der Waals surface area contributed by atoms with Crippen LogP contribution in [0.2, 0.25) is 0 Å². The van der Waals surface area contributed by atoms with Crippen LogP contribution < -0.4 is 9.47 Å². The molecule has 4 rings (SSSR count). The lowest BCUT2D eigenvalue weighted by Crippen LogP contribution is -2.13. The van der Waals surface area contributed by atoms with Gasteiger partial charge >= 0.3 is 0 Å². The third-order valence-corrected chi connectivity index (χ3v) is 5.49. The third kappa shape index (κ3) is 4.91. The average molecular weight is 415 g/mol. The largest absolute Gasteiger partial charge is 0.492 e. The maximum Gasteiger partial charge on any atom is 0.148 e. The lowest BCUT2D eigenvalue weighted by molar-refractivity contribution is 0.271. The second-order valence-corrected chi connectivity index (χ2v) is 8.85. The number of aryl methyl sites for hydroxylation is 1. The number of hydrogen-bond donors (Lipinski definition) is 0. The molecule has 1 heterocycles. The molecule has 1 aromatic heterocycles. The molecule has 0 fully saturated rings. The van der Waals surface area contributed by atoms with Gasteiger partial charge in [-0.15, -0.1) is 0 Å². The van der Waals surface area contributed by atoms with Crippen LogP contribution >= 0.6 is 0 Å². The number of rotatable bonds is 7. The highest BCUT2D eigenvalue weighted by atomic mass is 16.5.